The van der Waals surface area contributed by atoms with Crippen LogP contribution in [0.5, 0.6) is 0 Å². The van der Waals surface area contributed by atoms with Gasteiger partial charge in [-0.25, -0.2) is 9.13 Å². The fourth-order valence-corrected chi connectivity index (χ4v) is 14.0. The summed E-state index contributed by atoms with van der Waals surface area (Å²) in [5, 5.41) is 10.6. The van der Waals surface area contributed by atoms with Crippen LogP contribution in [0.4, 0.5) is 0 Å². The molecule has 0 aromatic heterocycles. The number of aliphatic hydroxyl groups is 1. The minimum absolute atomic E-state index is 0.100. The number of allylic oxidation sites excluding steroid dienone is 4. The number of phosphoric acid groups is 2. The van der Waals surface area contributed by atoms with E-state index in [1.807, 2.05) is 0 Å². The van der Waals surface area contributed by atoms with Crippen LogP contribution in [0.2, 0.25) is 0 Å². The molecule has 103 heavy (non-hydrogen) atoms. The summed E-state index contributed by atoms with van der Waals surface area (Å²) in [6.45, 7) is 11.9. The average Bonchev–Trinajstić information content (AvgIpc) is 1.06. The summed E-state index contributed by atoms with van der Waals surface area (Å²) in [6.07, 6.45) is 66.2. The van der Waals surface area contributed by atoms with Gasteiger partial charge in [0.1, 0.15) is 19.3 Å². The first-order chi connectivity index (χ1) is 49.8. The van der Waals surface area contributed by atoms with Crippen molar-refractivity contribution in [3.05, 3.63) is 24.3 Å². The molecule has 0 rings (SSSR count). The molecule has 0 saturated carbocycles. The molecule has 0 aliphatic heterocycles. The second-order valence-electron chi connectivity index (χ2n) is 30.7. The summed E-state index contributed by atoms with van der Waals surface area (Å²) in [6, 6.07) is 0. The second-order valence-corrected chi connectivity index (χ2v) is 33.6. The van der Waals surface area contributed by atoms with Crippen molar-refractivity contribution in [1.82, 2.24) is 0 Å². The normalized spacial score (nSPS) is 14.3. The zero-order chi connectivity index (χ0) is 75.8. The Balaban J connectivity index is 5.21. The topological polar surface area (TPSA) is 237 Å². The number of unbranched alkanes of at least 4 members (excludes halogenated alkanes) is 44. The van der Waals surface area contributed by atoms with E-state index in [9.17, 15) is 43.2 Å². The third kappa shape index (κ3) is 76.1. The van der Waals surface area contributed by atoms with E-state index >= 15 is 0 Å². The standard InChI is InChI=1S/C84H160O17P2/c1-8-10-11-12-13-14-15-16-21-28-33-38-43-51-58-65-81(86)94-71-79(100-83(88)67-61-54-45-40-35-30-25-24-26-31-36-41-48-55-62-75(3)4)73-98-102(90,91)96-69-78(85)70-97-103(92,93)99-74-80(72-95-82(87)66-59-52-47-46-49-56-63-76(5)6)101-84(89)68-60-53-44-39-34-29-23-20-18-17-19-22-27-32-37-42-50-57-64-77(7)9-2/h14-16,21,75-80,85H,8-13,17-20,22-74H2,1-7H3,(H,90,91)(H,92,93)/b15-14-,21-16-/t77?,78-,79-,80-/m1/s1. The number of ether oxygens (including phenoxy) is 4. The van der Waals surface area contributed by atoms with Gasteiger partial charge in [0.15, 0.2) is 12.2 Å². The molecule has 17 nitrogen and oxygen atoms in total. The fourth-order valence-electron chi connectivity index (χ4n) is 12.4. The van der Waals surface area contributed by atoms with Crippen LogP contribution in [0, 0.1) is 17.8 Å². The predicted molar refractivity (Wildman–Crippen MR) is 423 cm³/mol. The molecule has 608 valence electrons. The number of carbonyl (C=O) groups is 4. The number of phosphoric ester groups is 2. The van der Waals surface area contributed by atoms with Crippen LogP contribution >= 0.6 is 15.6 Å². The van der Waals surface area contributed by atoms with E-state index in [-0.39, 0.29) is 25.7 Å². The van der Waals surface area contributed by atoms with Crippen LogP contribution in [0.1, 0.15) is 414 Å². The Bertz CT molecular complexity index is 2090. The molecule has 0 fully saturated rings. The lowest BCUT2D eigenvalue weighted by molar-refractivity contribution is -0.161. The molecule has 19 heteroatoms. The molecule has 0 spiro atoms. The third-order valence-corrected chi connectivity index (χ3v) is 21.3. The zero-order valence-electron chi connectivity index (χ0n) is 67.3. The van der Waals surface area contributed by atoms with Gasteiger partial charge in [0.2, 0.25) is 0 Å². The highest BCUT2D eigenvalue weighted by Crippen LogP contribution is 2.45. The number of hydrogen-bond acceptors (Lipinski definition) is 15. The van der Waals surface area contributed by atoms with Gasteiger partial charge in [-0.1, -0.05) is 362 Å². The molecule has 0 radical (unpaired) electrons. The number of carbonyl (C=O) groups excluding carboxylic acids is 4. The van der Waals surface area contributed by atoms with Gasteiger partial charge in [-0.15, -0.1) is 0 Å². The molecule has 0 aliphatic rings. The van der Waals surface area contributed by atoms with Gasteiger partial charge < -0.3 is 33.8 Å². The molecular formula is C84H160O17P2. The summed E-state index contributed by atoms with van der Waals surface area (Å²) in [5.74, 6) is 0.200. The molecule has 3 N–H and O–H groups in total. The lowest BCUT2D eigenvalue weighted by atomic mass is 9.99. The van der Waals surface area contributed by atoms with E-state index in [1.54, 1.807) is 0 Å². The van der Waals surface area contributed by atoms with Crippen LogP contribution in [0.3, 0.4) is 0 Å². The SMILES string of the molecule is CCCCCC/C=C\C=C/CCCCCCCC(=O)OC[C@H](COP(=O)(O)OC[C@@H](O)COP(=O)(O)OC[C@@H](COC(=O)CCCCCCCCC(C)C)OC(=O)CCCCCCCCCCCCCCCCCCCCC(C)CC)OC(=O)CCCCCCCCCCCCCCCCC(C)C. The van der Waals surface area contributed by atoms with Crippen molar-refractivity contribution in [3.8, 4) is 0 Å². The molecular weight excluding hydrogens is 1340 g/mol. The van der Waals surface area contributed by atoms with Gasteiger partial charge in [-0.3, -0.25) is 37.3 Å². The Morgan fingerprint density at radius 2 is 0.573 bits per heavy atom. The van der Waals surface area contributed by atoms with Crippen molar-refractivity contribution in [1.29, 1.82) is 0 Å². The maximum Gasteiger partial charge on any atom is 0.472 e. The van der Waals surface area contributed by atoms with E-state index in [0.29, 0.717) is 31.6 Å². The summed E-state index contributed by atoms with van der Waals surface area (Å²) in [5.41, 5.74) is 0. The number of esters is 4. The zero-order valence-corrected chi connectivity index (χ0v) is 69.1. The van der Waals surface area contributed by atoms with Gasteiger partial charge in [0.25, 0.3) is 0 Å². The number of rotatable bonds is 80. The van der Waals surface area contributed by atoms with Gasteiger partial charge in [-0.2, -0.15) is 0 Å². The van der Waals surface area contributed by atoms with Gasteiger partial charge in [0, 0.05) is 25.7 Å². The van der Waals surface area contributed by atoms with Crippen LogP contribution in [-0.4, -0.2) is 96.7 Å². The molecule has 0 aromatic carbocycles. The van der Waals surface area contributed by atoms with Gasteiger partial charge >= 0.3 is 39.5 Å². The monoisotopic (exact) mass is 1500 g/mol. The van der Waals surface area contributed by atoms with E-state index in [4.69, 9.17) is 37.0 Å². The Hall–Kier alpha value is -2.46. The van der Waals surface area contributed by atoms with Crippen molar-refractivity contribution in [2.45, 2.75) is 433 Å². The fraction of sp³-hybridized carbons (Fsp3) is 0.905. The third-order valence-electron chi connectivity index (χ3n) is 19.4. The first kappa shape index (κ1) is 101. The first-order valence-corrected chi connectivity index (χ1v) is 45.7. The summed E-state index contributed by atoms with van der Waals surface area (Å²) < 4.78 is 68.7. The molecule has 0 saturated heterocycles. The van der Waals surface area contributed by atoms with Crippen molar-refractivity contribution < 1.29 is 80.2 Å². The van der Waals surface area contributed by atoms with Crippen LogP contribution in [0.25, 0.3) is 0 Å². The highest BCUT2D eigenvalue weighted by atomic mass is 31.2. The van der Waals surface area contributed by atoms with Crippen molar-refractivity contribution in [3.63, 3.8) is 0 Å². The summed E-state index contributed by atoms with van der Waals surface area (Å²) >= 11 is 0. The Labute approximate surface area is 631 Å². The molecule has 3 unspecified atom stereocenters. The average molecular weight is 1500 g/mol. The van der Waals surface area contributed by atoms with Gasteiger partial charge in [-0.05, 0) is 69.1 Å². The van der Waals surface area contributed by atoms with E-state index in [0.717, 1.165) is 127 Å². The Kier molecular flexibility index (Phi) is 71.9. The molecule has 0 amide bonds. The Morgan fingerprint density at radius 1 is 0.320 bits per heavy atom. The van der Waals surface area contributed by atoms with E-state index in [2.05, 4.69) is 72.8 Å². The van der Waals surface area contributed by atoms with E-state index < -0.39 is 97.5 Å². The summed E-state index contributed by atoms with van der Waals surface area (Å²) in [7, 11) is -9.94. The van der Waals surface area contributed by atoms with Gasteiger partial charge in [0.05, 0.1) is 26.4 Å². The van der Waals surface area contributed by atoms with Crippen LogP contribution in [0.15, 0.2) is 24.3 Å². The highest BCUT2D eigenvalue weighted by Gasteiger charge is 2.30. The number of aliphatic hydroxyl groups excluding tert-OH is 1. The van der Waals surface area contributed by atoms with Crippen LogP contribution in [-0.2, 0) is 65.4 Å². The van der Waals surface area contributed by atoms with Crippen LogP contribution < -0.4 is 0 Å². The smallest absolute Gasteiger partial charge is 0.462 e. The minimum Gasteiger partial charge on any atom is -0.462 e. The lowest BCUT2D eigenvalue weighted by Crippen LogP contribution is -2.30. The van der Waals surface area contributed by atoms with Crippen molar-refractivity contribution in [2.75, 3.05) is 39.6 Å². The molecule has 6 atom stereocenters. The maximum absolute atomic E-state index is 13.1. The summed E-state index contributed by atoms with van der Waals surface area (Å²) in [4.78, 5) is 73.0. The van der Waals surface area contributed by atoms with E-state index in [1.165, 1.54) is 199 Å². The lowest BCUT2D eigenvalue weighted by Gasteiger charge is -2.21. The minimum atomic E-state index is -4.97. The quantitative estimate of drug-likeness (QED) is 0.0169. The molecule has 0 aromatic rings. The van der Waals surface area contributed by atoms with Crippen molar-refractivity contribution >= 4 is 39.5 Å². The molecule has 0 heterocycles. The highest BCUT2D eigenvalue weighted by molar-refractivity contribution is 7.47. The first-order valence-electron chi connectivity index (χ1n) is 42.7. The molecule has 0 bridgehead atoms. The largest absolute Gasteiger partial charge is 0.472 e. The maximum atomic E-state index is 13.1. The Morgan fingerprint density at radius 3 is 0.864 bits per heavy atom. The second kappa shape index (κ2) is 73.7. The molecule has 0 aliphatic carbocycles. The number of hydrogen-bond donors (Lipinski definition) is 3. The van der Waals surface area contributed by atoms with Crippen molar-refractivity contribution in [2.24, 2.45) is 17.8 Å². The predicted octanol–water partition coefficient (Wildman–Crippen LogP) is 24.9.